The van der Waals surface area contributed by atoms with Gasteiger partial charge in [-0.05, 0) is 37.0 Å². The molecule has 0 aliphatic heterocycles. The Morgan fingerprint density at radius 3 is 2.57 bits per heavy atom. The molecule has 1 aliphatic rings. The van der Waals surface area contributed by atoms with E-state index in [4.69, 9.17) is 5.73 Å². The van der Waals surface area contributed by atoms with E-state index in [-0.39, 0.29) is 23.4 Å². The van der Waals surface area contributed by atoms with E-state index in [9.17, 15) is 12.8 Å². The van der Waals surface area contributed by atoms with Crippen molar-refractivity contribution >= 4 is 26.0 Å². The molecule has 4 nitrogen and oxygen atoms in total. The van der Waals surface area contributed by atoms with Crippen molar-refractivity contribution in [3.63, 3.8) is 0 Å². The van der Waals surface area contributed by atoms with E-state index in [1.807, 2.05) is 0 Å². The highest BCUT2D eigenvalue weighted by Gasteiger charge is 2.28. The van der Waals surface area contributed by atoms with E-state index in [0.29, 0.717) is 4.47 Å². The first-order valence-corrected chi connectivity index (χ1v) is 9.39. The molecule has 2 rings (SSSR count). The third-order valence-corrected chi connectivity index (χ3v) is 5.98. The summed E-state index contributed by atoms with van der Waals surface area (Å²) in [6.45, 7) is 0.224. The normalized spacial score (nSPS) is 18.6. The average Bonchev–Trinajstić information content (AvgIpc) is 2.45. The Balaban J connectivity index is 2.18. The molecule has 1 unspecified atom stereocenters. The van der Waals surface area contributed by atoms with Gasteiger partial charge in [-0.15, -0.1) is 0 Å². The Labute approximate surface area is 133 Å². The molecule has 21 heavy (non-hydrogen) atoms. The summed E-state index contributed by atoms with van der Waals surface area (Å²) in [4.78, 5) is -0.333. The quantitative estimate of drug-likeness (QED) is 0.827. The van der Waals surface area contributed by atoms with Gasteiger partial charge in [-0.2, -0.15) is 0 Å². The number of nitrogens with one attached hydrogen (secondary N) is 1. The van der Waals surface area contributed by atoms with Crippen molar-refractivity contribution in [2.75, 3.05) is 6.54 Å². The van der Waals surface area contributed by atoms with Gasteiger partial charge in [0, 0.05) is 17.1 Å². The summed E-state index contributed by atoms with van der Waals surface area (Å²) in [5.74, 6) is -0.534. The minimum absolute atomic E-state index is 0.224. The van der Waals surface area contributed by atoms with E-state index < -0.39 is 15.8 Å². The molecule has 1 saturated carbocycles. The molecule has 0 aromatic heterocycles. The van der Waals surface area contributed by atoms with Crippen LogP contribution in [-0.2, 0) is 10.0 Å². The topological polar surface area (TPSA) is 72.2 Å². The largest absolute Gasteiger partial charge is 0.329 e. The molecule has 1 aliphatic carbocycles. The fraction of sp³-hybridized carbons (Fsp3) is 0.571. The first-order valence-electron chi connectivity index (χ1n) is 7.11. The fourth-order valence-corrected chi connectivity index (χ4v) is 4.54. The summed E-state index contributed by atoms with van der Waals surface area (Å²) in [5.41, 5.74) is 5.72. The molecular weight excluding hydrogens is 359 g/mol. The molecule has 0 heterocycles. The molecule has 0 bridgehead atoms. The van der Waals surface area contributed by atoms with Crippen LogP contribution >= 0.6 is 15.9 Å². The van der Waals surface area contributed by atoms with Crippen LogP contribution in [0.5, 0.6) is 0 Å². The predicted molar refractivity (Wildman–Crippen MR) is 83.8 cm³/mol. The van der Waals surface area contributed by atoms with Gasteiger partial charge in [-0.3, -0.25) is 0 Å². The van der Waals surface area contributed by atoms with Crippen LogP contribution in [0.4, 0.5) is 4.39 Å². The molecule has 0 amide bonds. The molecule has 1 aromatic rings. The summed E-state index contributed by atoms with van der Waals surface area (Å²) in [6, 6.07) is 3.58. The minimum Gasteiger partial charge on any atom is -0.329 e. The summed E-state index contributed by atoms with van der Waals surface area (Å²) in [6.07, 6.45) is 5.30. The summed E-state index contributed by atoms with van der Waals surface area (Å²) in [5, 5.41) is 0. The fourth-order valence-electron chi connectivity index (χ4n) is 2.83. The number of sulfonamides is 1. The molecule has 0 saturated heterocycles. The maximum Gasteiger partial charge on any atom is 0.243 e. The lowest BCUT2D eigenvalue weighted by Gasteiger charge is -2.29. The summed E-state index contributed by atoms with van der Waals surface area (Å²) in [7, 11) is -3.89. The lowest BCUT2D eigenvalue weighted by atomic mass is 9.84. The zero-order valence-corrected chi connectivity index (χ0v) is 14.1. The van der Waals surface area contributed by atoms with E-state index in [1.54, 1.807) is 0 Å². The van der Waals surface area contributed by atoms with Crippen LogP contribution in [0.2, 0.25) is 0 Å². The molecule has 118 valence electrons. The monoisotopic (exact) mass is 378 g/mol. The van der Waals surface area contributed by atoms with Gasteiger partial charge in [0.2, 0.25) is 10.0 Å². The number of hydrogen-bond acceptors (Lipinski definition) is 3. The van der Waals surface area contributed by atoms with Gasteiger partial charge < -0.3 is 5.73 Å². The Morgan fingerprint density at radius 2 is 2.00 bits per heavy atom. The smallest absolute Gasteiger partial charge is 0.243 e. The predicted octanol–water partition coefficient (Wildman–Crippen LogP) is 2.77. The van der Waals surface area contributed by atoms with E-state index >= 15 is 0 Å². The van der Waals surface area contributed by atoms with Crippen LogP contribution in [0.1, 0.15) is 32.1 Å². The number of hydrogen-bond donors (Lipinski definition) is 2. The maximum absolute atomic E-state index is 13.9. The third kappa shape index (κ3) is 4.25. The summed E-state index contributed by atoms with van der Waals surface area (Å²) < 4.78 is 41.7. The minimum atomic E-state index is -3.89. The number of rotatable bonds is 5. The molecule has 1 fully saturated rings. The van der Waals surface area contributed by atoms with Gasteiger partial charge in [0.15, 0.2) is 0 Å². The van der Waals surface area contributed by atoms with E-state index in [1.165, 1.54) is 18.6 Å². The van der Waals surface area contributed by atoms with Crippen molar-refractivity contribution in [3.8, 4) is 0 Å². The van der Waals surface area contributed by atoms with Crippen molar-refractivity contribution in [2.45, 2.75) is 43.0 Å². The van der Waals surface area contributed by atoms with Crippen molar-refractivity contribution in [3.05, 3.63) is 28.5 Å². The zero-order chi connectivity index (χ0) is 15.5. The highest BCUT2D eigenvalue weighted by Crippen LogP contribution is 2.27. The molecule has 3 N–H and O–H groups in total. The van der Waals surface area contributed by atoms with Gasteiger partial charge in [0.1, 0.15) is 10.7 Å². The number of halogens is 2. The van der Waals surface area contributed by atoms with Gasteiger partial charge in [0.05, 0.1) is 0 Å². The highest BCUT2D eigenvalue weighted by atomic mass is 79.9. The molecule has 0 spiro atoms. The molecule has 0 radical (unpaired) electrons. The van der Waals surface area contributed by atoms with Crippen LogP contribution in [0.25, 0.3) is 0 Å². The van der Waals surface area contributed by atoms with Crippen molar-refractivity contribution in [2.24, 2.45) is 11.7 Å². The molecule has 1 atom stereocenters. The van der Waals surface area contributed by atoms with Crippen LogP contribution in [0, 0.1) is 11.7 Å². The van der Waals surface area contributed by atoms with Crippen molar-refractivity contribution in [1.82, 2.24) is 4.72 Å². The van der Waals surface area contributed by atoms with Crippen LogP contribution in [0.15, 0.2) is 27.6 Å². The van der Waals surface area contributed by atoms with Gasteiger partial charge >= 0.3 is 0 Å². The van der Waals surface area contributed by atoms with Crippen LogP contribution in [-0.4, -0.2) is 21.0 Å². The van der Waals surface area contributed by atoms with Gasteiger partial charge in [0.25, 0.3) is 0 Å². The standard InChI is InChI=1S/C14H20BrFN2O2S/c15-11-6-7-14(12(16)8-11)21(19,20)18-13(9-17)10-4-2-1-3-5-10/h6-8,10,13,18H,1-5,9,17H2. The number of nitrogens with two attached hydrogens (primary N) is 1. The Bertz CT molecular complexity index is 589. The molecular formula is C14H20BrFN2O2S. The lowest BCUT2D eigenvalue weighted by molar-refractivity contribution is 0.294. The van der Waals surface area contributed by atoms with E-state index in [0.717, 1.165) is 31.7 Å². The van der Waals surface area contributed by atoms with E-state index in [2.05, 4.69) is 20.7 Å². The number of benzene rings is 1. The van der Waals surface area contributed by atoms with Crippen LogP contribution in [0.3, 0.4) is 0 Å². The van der Waals surface area contributed by atoms with Gasteiger partial charge in [-0.1, -0.05) is 35.2 Å². The van der Waals surface area contributed by atoms with Crippen molar-refractivity contribution < 1.29 is 12.8 Å². The first-order chi connectivity index (χ1) is 9.94. The molecule has 7 heteroatoms. The van der Waals surface area contributed by atoms with Crippen LogP contribution < -0.4 is 10.5 Å². The Morgan fingerprint density at radius 1 is 1.33 bits per heavy atom. The average molecular weight is 379 g/mol. The summed E-state index contributed by atoms with van der Waals surface area (Å²) >= 11 is 3.11. The highest BCUT2D eigenvalue weighted by molar-refractivity contribution is 9.10. The first kappa shape index (κ1) is 16.9. The molecule has 1 aromatic carbocycles. The second-order valence-corrected chi connectivity index (χ2v) is 8.03. The second kappa shape index (κ2) is 7.17. The third-order valence-electron chi connectivity index (χ3n) is 3.96. The maximum atomic E-state index is 13.9. The Hall–Kier alpha value is -0.500. The SMILES string of the molecule is NCC(NS(=O)(=O)c1ccc(Br)cc1F)C1CCCCC1. The second-order valence-electron chi connectivity index (χ2n) is 5.44. The van der Waals surface area contributed by atoms with Gasteiger partial charge in [-0.25, -0.2) is 17.5 Å². The van der Waals surface area contributed by atoms with Crippen molar-refractivity contribution in [1.29, 1.82) is 0 Å². The lowest BCUT2D eigenvalue weighted by Crippen LogP contribution is -2.46. The Kier molecular flexibility index (Phi) is 5.76. The zero-order valence-electron chi connectivity index (χ0n) is 11.7.